The summed E-state index contributed by atoms with van der Waals surface area (Å²) < 4.78 is 23.4. The maximum Gasteiger partial charge on any atom is 0.410 e. The van der Waals surface area contributed by atoms with Gasteiger partial charge in [-0.1, -0.05) is 6.42 Å². The van der Waals surface area contributed by atoms with E-state index in [4.69, 9.17) is 15.8 Å². The minimum absolute atomic E-state index is 0.0422. The Morgan fingerprint density at radius 1 is 1.45 bits per heavy atom. The van der Waals surface area contributed by atoms with Crippen LogP contribution in [0.5, 0.6) is 0 Å². The number of nitro groups is 1. The predicted octanol–water partition coefficient (Wildman–Crippen LogP) is 1.36. The summed E-state index contributed by atoms with van der Waals surface area (Å²) in [5.74, 6) is -1.71. The number of aryl methyl sites for hydroxylation is 1. The van der Waals surface area contributed by atoms with Gasteiger partial charge in [0.25, 0.3) is 9.05 Å². The van der Waals surface area contributed by atoms with E-state index in [0.717, 1.165) is 10.9 Å². The van der Waals surface area contributed by atoms with Crippen LogP contribution in [-0.2, 0) is 20.4 Å². The number of carboxylic acid groups (broad SMARTS) is 1. The Balaban J connectivity index is 2.69. The summed E-state index contributed by atoms with van der Waals surface area (Å²) in [5, 5.41) is 22.7. The maximum absolute atomic E-state index is 11.2. The second-order valence-corrected chi connectivity index (χ2v) is 6.51. The molecule has 0 radical (unpaired) electrons. The van der Waals surface area contributed by atoms with Crippen molar-refractivity contribution in [3.63, 3.8) is 0 Å². The SMILES string of the molecule is O=C(O)CCCCCn1cc(S(=O)(=O)Cl)c([N+](=O)[O-])n1. The standard InChI is InChI=1S/C9H12ClN3O6S/c10-20(18,19)7-6-12(11-9(7)13(16)17)5-3-1-2-4-8(14)15/h6H,1-5H2,(H,14,15). The minimum atomic E-state index is -4.23. The Morgan fingerprint density at radius 2 is 2.10 bits per heavy atom. The highest BCUT2D eigenvalue weighted by atomic mass is 35.7. The van der Waals surface area contributed by atoms with Gasteiger partial charge in [-0.2, -0.15) is 4.68 Å². The van der Waals surface area contributed by atoms with E-state index in [-0.39, 0.29) is 13.0 Å². The van der Waals surface area contributed by atoms with Crippen LogP contribution in [0.25, 0.3) is 0 Å². The van der Waals surface area contributed by atoms with Crippen LogP contribution in [0.1, 0.15) is 25.7 Å². The van der Waals surface area contributed by atoms with Gasteiger partial charge in [0.2, 0.25) is 4.90 Å². The Kier molecular flexibility index (Phi) is 5.45. The third-order valence-corrected chi connectivity index (χ3v) is 3.74. The summed E-state index contributed by atoms with van der Waals surface area (Å²) in [6.45, 7) is 0.243. The molecule has 112 valence electrons. The quantitative estimate of drug-likeness (QED) is 0.330. The molecule has 20 heavy (non-hydrogen) atoms. The van der Waals surface area contributed by atoms with Gasteiger partial charge in [0.1, 0.15) is 0 Å². The van der Waals surface area contributed by atoms with Crippen LogP contribution in [0.2, 0.25) is 0 Å². The summed E-state index contributed by atoms with van der Waals surface area (Å²) in [6, 6.07) is 0. The lowest BCUT2D eigenvalue weighted by molar-refractivity contribution is -0.392. The van der Waals surface area contributed by atoms with Gasteiger partial charge in [0.05, 0.1) is 17.8 Å². The molecule has 0 spiro atoms. The molecule has 0 aromatic carbocycles. The summed E-state index contributed by atoms with van der Waals surface area (Å²) in [4.78, 5) is 19.4. The van der Waals surface area contributed by atoms with Gasteiger partial charge in [0.15, 0.2) is 0 Å². The molecule has 1 aromatic rings. The Labute approximate surface area is 118 Å². The molecule has 0 fully saturated rings. The van der Waals surface area contributed by atoms with Gasteiger partial charge in [0, 0.05) is 17.1 Å². The number of carbonyl (C=O) groups is 1. The van der Waals surface area contributed by atoms with E-state index in [9.17, 15) is 23.3 Å². The maximum atomic E-state index is 11.2. The van der Waals surface area contributed by atoms with Crippen LogP contribution in [0.15, 0.2) is 11.1 Å². The average molecular weight is 326 g/mol. The predicted molar refractivity (Wildman–Crippen MR) is 68.0 cm³/mol. The second-order valence-electron chi connectivity index (χ2n) is 3.98. The van der Waals surface area contributed by atoms with Crippen molar-refractivity contribution in [3.8, 4) is 0 Å². The molecule has 1 N–H and O–H groups in total. The fourth-order valence-electron chi connectivity index (χ4n) is 1.53. The van der Waals surface area contributed by atoms with E-state index in [1.807, 2.05) is 0 Å². The Morgan fingerprint density at radius 3 is 2.55 bits per heavy atom. The van der Waals surface area contributed by atoms with Crippen LogP contribution in [-0.4, -0.2) is 34.2 Å². The number of carboxylic acids is 1. The van der Waals surface area contributed by atoms with Gasteiger partial charge in [-0.3, -0.25) is 4.79 Å². The molecule has 0 amide bonds. The molecular formula is C9H12ClN3O6S. The number of halogens is 1. The summed E-state index contributed by atoms with van der Waals surface area (Å²) >= 11 is 0. The average Bonchev–Trinajstić information content (AvgIpc) is 2.72. The highest BCUT2D eigenvalue weighted by Crippen LogP contribution is 2.25. The van der Waals surface area contributed by atoms with Crippen LogP contribution in [0, 0.1) is 10.1 Å². The first-order valence-corrected chi connectivity index (χ1v) is 7.91. The highest BCUT2D eigenvalue weighted by Gasteiger charge is 2.29. The first-order chi connectivity index (χ1) is 9.21. The molecule has 0 atom stereocenters. The number of hydrogen-bond donors (Lipinski definition) is 1. The number of hydrogen-bond acceptors (Lipinski definition) is 6. The lowest BCUT2D eigenvalue weighted by atomic mass is 10.2. The van der Waals surface area contributed by atoms with Crippen LogP contribution >= 0.6 is 10.7 Å². The normalized spacial score (nSPS) is 11.4. The van der Waals surface area contributed by atoms with Gasteiger partial charge < -0.3 is 15.2 Å². The molecule has 0 saturated carbocycles. The van der Waals surface area contributed by atoms with Crippen LogP contribution in [0.4, 0.5) is 5.82 Å². The number of aromatic nitrogens is 2. The fraction of sp³-hybridized carbons (Fsp3) is 0.556. The van der Waals surface area contributed by atoms with Crippen LogP contribution in [0.3, 0.4) is 0 Å². The van der Waals surface area contributed by atoms with E-state index in [1.165, 1.54) is 0 Å². The lowest BCUT2D eigenvalue weighted by Crippen LogP contribution is -2.00. The summed E-state index contributed by atoms with van der Waals surface area (Å²) in [5.41, 5.74) is 0. The molecule has 1 rings (SSSR count). The van der Waals surface area contributed by atoms with Gasteiger partial charge in [-0.15, -0.1) is 0 Å². The molecule has 0 aliphatic carbocycles. The molecule has 0 saturated heterocycles. The molecule has 1 heterocycles. The van der Waals surface area contributed by atoms with Crippen molar-refractivity contribution < 1.29 is 23.2 Å². The number of rotatable bonds is 8. The van der Waals surface area contributed by atoms with Gasteiger partial charge >= 0.3 is 11.8 Å². The van der Waals surface area contributed by atoms with E-state index in [1.54, 1.807) is 0 Å². The van der Waals surface area contributed by atoms with E-state index < -0.39 is 30.7 Å². The van der Waals surface area contributed by atoms with Crippen molar-refractivity contribution in [2.45, 2.75) is 37.1 Å². The number of aliphatic carboxylic acids is 1. The van der Waals surface area contributed by atoms with Gasteiger partial charge in [-0.25, -0.2) is 8.42 Å². The zero-order valence-electron chi connectivity index (χ0n) is 10.2. The van der Waals surface area contributed by atoms with Crippen molar-refractivity contribution >= 4 is 31.5 Å². The molecule has 9 nitrogen and oxygen atoms in total. The topological polar surface area (TPSA) is 132 Å². The molecule has 0 bridgehead atoms. The first kappa shape index (κ1) is 16.4. The van der Waals surface area contributed by atoms with E-state index in [2.05, 4.69) is 5.10 Å². The van der Waals surface area contributed by atoms with Crippen molar-refractivity contribution in [1.29, 1.82) is 0 Å². The molecule has 0 unspecified atom stereocenters. The smallest absolute Gasteiger partial charge is 0.410 e. The van der Waals surface area contributed by atoms with Crippen molar-refractivity contribution in [3.05, 3.63) is 16.3 Å². The zero-order valence-corrected chi connectivity index (χ0v) is 11.8. The van der Waals surface area contributed by atoms with E-state index in [0.29, 0.717) is 19.3 Å². The first-order valence-electron chi connectivity index (χ1n) is 5.60. The van der Waals surface area contributed by atoms with Crippen molar-refractivity contribution in [2.75, 3.05) is 0 Å². The zero-order chi connectivity index (χ0) is 15.3. The largest absolute Gasteiger partial charge is 0.481 e. The Bertz CT molecular complexity index is 611. The summed E-state index contributed by atoms with van der Waals surface area (Å²) in [7, 11) is 0.854. The third-order valence-electron chi connectivity index (χ3n) is 2.42. The molecule has 0 aliphatic rings. The second kappa shape index (κ2) is 6.66. The highest BCUT2D eigenvalue weighted by molar-refractivity contribution is 8.13. The molecule has 11 heteroatoms. The van der Waals surface area contributed by atoms with Crippen molar-refractivity contribution in [2.24, 2.45) is 0 Å². The van der Waals surface area contributed by atoms with E-state index >= 15 is 0 Å². The third kappa shape index (κ3) is 4.78. The van der Waals surface area contributed by atoms with Crippen LogP contribution < -0.4 is 0 Å². The molecular weight excluding hydrogens is 314 g/mol. The number of unbranched alkanes of at least 4 members (excludes halogenated alkanes) is 2. The number of nitrogens with zero attached hydrogens (tertiary/aromatic N) is 3. The lowest BCUT2D eigenvalue weighted by Gasteiger charge is -1.97. The monoisotopic (exact) mass is 325 g/mol. The molecule has 0 aliphatic heterocycles. The minimum Gasteiger partial charge on any atom is -0.481 e. The fourth-order valence-corrected chi connectivity index (χ4v) is 2.44. The van der Waals surface area contributed by atoms with Gasteiger partial charge in [-0.05, 0) is 17.8 Å². The van der Waals surface area contributed by atoms with Crippen molar-refractivity contribution in [1.82, 2.24) is 9.78 Å². The molecule has 1 aromatic heterocycles. The summed E-state index contributed by atoms with van der Waals surface area (Å²) in [6.07, 6.45) is 2.62. The Hall–Kier alpha value is -1.68.